The highest BCUT2D eigenvalue weighted by Gasteiger charge is 2.44. The first-order valence-electron chi connectivity index (χ1n) is 12.6. The van der Waals surface area contributed by atoms with E-state index in [2.05, 4.69) is 6.92 Å². The van der Waals surface area contributed by atoms with Gasteiger partial charge in [-0.3, -0.25) is 9.59 Å². The molecule has 8 nitrogen and oxygen atoms in total. The van der Waals surface area contributed by atoms with E-state index < -0.39 is 23.5 Å². The fraction of sp³-hybridized carbons (Fsp3) is 0.429. The molecule has 2 aromatic carbocycles. The van der Waals surface area contributed by atoms with Crippen molar-refractivity contribution in [3.05, 3.63) is 59.2 Å². The summed E-state index contributed by atoms with van der Waals surface area (Å²) in [4.78, 5) is 29.2. The number of carbonyl (C=O) groups excluding carboxylic acids is 2. The normalized spacial score (nSPS) is 18.7. The van der Waals surface area contributed by atoms with E-state index in [1.807, 2.05) is 38.4 Å². The van der Waals surface area contributed by atoms with Crippen molar-refractivity contribution in [3.8, 4) is 17.2 Å². The molecule has 1 unspecified atom stereocenters. The van der Waals surface area contributed by atoms with Crippen LogP contribution < -0.4 is 24.2 Å². The number of Topliss-reactive ketones (excluding diaryl/α,β-unsaturated/α-hetero) is 1. The molecule has 1 amide bonds. The molecule has 1 fully saturated rings. The van der Waals surface area contributed by atoms with Gasteiger partial charge in [0.15, 0.2) is 11.5 Å². The Balaban J connectivity index is 1.75. The van der Waals surface area contributed by atoms with Gasteiger partial charge in [-0.1, -0.05) is 37.3 Å². The van der Waals surface area contributed by atoms with E-state index in [0.29, 0.717) is 55.6 Å². The Labute approximate surface area is 212 Å². The molecule has 0 spiro atoms. The van der Waals surface area contributed by atoms with Gasteiger partial charge in [-0.15, -0.1) is 0 Å². The molecule has 2 aliphatic heterocycles. The number of nitrogens with zero attached hydrogens (tertiary/aromatic N) is 1. The van der Waals surface area contributed by atoms with Crippen molar-refractivity contribution in [1.29, 1.82) is 0 Å². The maximum Gasteiger partial charge on any atom is 0.295 e. The number of amides is 1. The second-order valence-electron chi connectivity index (χ2n) is 9.42. The van der Waals surface area contributed by atoms with Gasteiger partial charge in [0, 0.05) is 18.5 Å². The molecule has 4 rings (SSSR count). The number of ketones is 1. The Kier molecular flexibility index (Phi) is 8.15. The van der Waals surface area contributed by atoms with Crippen LogP contribution in [0.5, 0.6) is 17.2 Å². The van der Waals surface area contributed by atoms with E-state index in [0.717, 1.165) is 19.4 Å². The topological polar surface area (TPSA) is 92.6 Å². The number of rotatable bonds is 10. The molecule has 1 atom stereocenters. The van der Waals surface area contributed by atoms with Crippen LogP contribution in [0.3, 0.4) is 0 Å². The van der Waals surface area contributed by atoms with Gasteiger partial charge in [-0.25, -0.2) is 0 Å². The summed E-state index contributed by atoms with van der Waals surface area (Å²) >= 11 is 0. The highest BCUT2D eigenvalue weighted by Crippen LogP contribution is 2.41. The lowest BCUT2D eigenvalue weighted by atomic mass is 9.95. The molecule has 2 heterocycles. The monoisotopic (exact) mass is 494 g/mol. The predicted molar refractivity (Wildman–Crippen MR) is 133 cm³/mol. The average Bonchev–Trinajstić information content (AvgIpc) is 3.13. The highest BCUT2D eigenvalue weighted by atomic mass is 16.6. The molecule has 192 valence electrons. The van der Waals surface area contributed by atoms with Crippen LogP contribution in [-0.2, 0) is 9.59 Å². The van der Waals surface area contributed by atoms with E-state index in [9.17, 15) is 14.7 Å². The third-order valence-electron chi connectivity index (χ3n) is 6.35. The molecule has 0 radical (unpaired) electrons. The van der Waals surface area contributed by atoms with Crippen LogP contribution >= 0.6 is 0 Å². The lowest BCUT2D eigenvalue weighted by Crippen LogP contribution is -3.05. The summed E-state index contributed by atoms with van der Waals surface area (Å²) in [6.07, 6.45) is 2.63. The van der Waals surface area contributed by atoms with E-state index in [1.165, 1.54) is 9.80 Å². The number of hydrogen-bond acceptors (Lipinski definition) is 6. The minimum Gasteiger partial charge on any atom is -0.872 e. The summed E-state index contributed by atoms with van der Waals surface area (Å²) in [5, 5.41) is 13.7. The zero-order valence-electron chi connectivity index (χ0n) is 21.2. The van der Waals surface area contributed by atoms with Crippen LogP contribution in [0.15, 0.2) is 48.0 Å². The number of unbranched alkanes of at least 4 members (excludes halogenated alkanes) is 1. The number of nitrogens with one attached hydrogen (secondary N) is 1. The molecule has 8 heteroatoms. The van der Waals surface area contributed by atoms with Crippen molar-refractivity contribution in [2.45, 2.75) is 32.2 Å². The largest absolute Gasteiger partial charge is 0.872 e. The summed E-state index contributed by atoms with van der Waals surface area (Å²) in [7, 11) is 4.07. The van der Waals surface area contributed by atoms with E-state index >= 15 is 0 Å². The number of benzene rings is 2. The second-order valence-corrected chi connectivity index (χ2v) is 9.42. The molecule has 36 heavy (non-hydrogen) atoms. The third kappa shape index (κ3) is 5.49. The van der Waals surface area contributed by atoms with Gasteiger partial charge < -0.3 is 29.1 Å². The average molecular weight is 495 g/mol. The van der Waals surface area contributed by atoms with Gasteiger partial charge in [-0.05, 0) is 41.8 Å². The van der Waals surface area contributed by atoms with Gasteiger partial charge >= 0.3 is 0 Å². The minimum absolute atomic E-state index is 0.0421. The summed E-state index contributed by atoms with van der Waals surface area (Å²) in [5.74, 6) is -0.220. The zero-order chi connectivity index (χ0) is 25.7. The van der Waals surface area contributed by atoms with Crippen molar-refractivity contribution >= 4 is 17.4 Å². The fourth-order valence-corrected chi connectivity index (χ4v) is 4.50. The standard InChI is InChI=1S/C28H34N2O6/c1-4-5-14-34-21-9-6-8-19(17-21)25-24(27(32)28(33)30(25)13-7-12-29(2)3)26(31)20-10-11-22-23(18-20)36-16-15-35-22/h6,8-11,17-18,25,31H,4-5,7,12-16H2,1-3H3. The van der Waals surface area contributed by atoms with Crippen LogP contribution in [-0.4, -0.2) is 63.6 Å². The van der Waals surface area contributed by atoms with Crippen LogP contribution in [0, 0.1) is 0 Å². The molecule has 2 aliphatic rings. The lowest BCUT2D eigenvalue weighted by molar-refractivity contribution is -0.858. The quantitative estimate of drug-likeness (QED) is 0.232. The smallest absolute Gasteiger partial charge is 0.295 e. The molecule has 0 saturated carbocycles. The predicted octanol–water partition coefficient (Wildman–Crippen LogP) is 1.40. The molecule has 2 aromatic rings. The van der Waals surface area contributed by atoms with Crippen molar-refractivity contribution in [2.75, 3.05) is 47.0 Å². The van der Waals surface area contributed by atoms with Crippen LogP contribution in [0.25, 0.3) is 5.76 Å². The third-order valence-corrected chi connectivity index (χ3v) is 6.35. The SMILES string of the molecule is CCCCOc1cccc(C2C(=C([O-])c3ccc4c(c3)OCCO4)C(=O)C(=O)N2CCC[NH+](C)C)c1. The van der Waals surface area contributed by atoms with Crippen LogP contribution in [0.2, 0.25) is 0 Å². The van der Waals surface area contributed by atoms with E-state index in [1.54, 1.807) is 18.2 Å². The zero-order valence-corrected chi connectivity index (χ0v) is 21.2. The first kappa shape index (κ1) is 25.6. The molecule has 1 saturated heterocycles. The number of likely N-dealkylation sites (tertiary alicyclic amines) is 1. The number of quaternary nitrogens is 1. The summed E-state index contributed by atoms with van der Waals surface area (Å²) in [6, 6.07) is 11.4. The summed E-state index contributed by atoms with van der Waals surface area (Å²) < 4.78 is 17.1. The number of hydrogen-bond donors (Lipinski definition) is 1. The number of carbonyl (C=O) groups is 2. The molecule has 0 bridgehead atoms. The summed E-state index contributed by atoms with van der Waals surface area (Å²) in [6.45, 7) is 4.69. The lowest BCUT2D eigenvalue weighted by Gasteiger charge is -2.28. The van der Waals surface area contributed by atoms with E-state index in [-0.39, 0.29) is 11.1 Å². The highest BCUT2D eigenvalue weighted by molar-refractivity contribution is 6.46. The van der Waals surface area contributed by atoms with Crippen molar-refractivity contribution < 1.29 is 33.8 Å². The molecule has 0 aliphatic carbocycles. The molecule has 0 aromatic heterocycles. The Hall–Kier alpha value is -3.52. The first-order valence-corrected chi connectivity index (χ1v) is 12.6. The maximum absolute atomic E-state index is 13.7. The van der Waals surface area contributed by atoms with Gasteiger partial charge in [0.25, 0.3) is 5.91 Å². The van der Waals surface area contributed by atoms with E-state index in [4.69, 9.17) is 14.2 Å². The number of ether oxygens (including phenoxy) is 3. The molecule has 1 N–H and O–H groups in total. The Morgan fingerprint density at radius 2 is 1.86 bits per heavy atom. The Morgan fingerprint density at radius 1 is 1.08 bits per heavy atom. The molecular formula is C28H34N2O6. The summed E-state index contributed by atoms with van der Waals surface area (Å²) in [5.41, 5.74) is 0.927. The minimum atomic E-state index is -0.780. The van der Waals surface area contributed by atoms with Gasteiger partial charge in [-0.2, -0.15) is 0 Å². The van der Waals surface area contributed by atoms with Crippen molar-refractivity contribution in [3.63, 3.8) is 0 Å². The Bertz CT molecular complexity index is 1140. The molecular weight excluding hydrogens is 460 g/mol. The van der Waals surface area contributed by atoms with Crippen LogP contribution in [0.4, 0.5) is 0 Å². The van der Waals surface area contributed by atoms with Crippen molar-refractivity contribution in [1.82, 2.24) is 4.90 Å². The van der Waals surface area contributed by atoms with Crippen LogP contribution in [0.1, 0.15) is 43.4 Å². The second kappa shape index (κ2) is 11.5. The first-order chi connectivity index (χ1) is 17.4. The van der Waals surface area contributed by atoms with Crippen molar-refractivity contribution in [2.24, 2.45) is 0 Å². The van der Waals surface area contributed by atoms with Gasteiger partial charge in [0.2, 0.25) is 5.78 Å². The number of fused-ring (bicyclic) bond motifs is 1. The van der Waals surface area contributed by atoms with Gasteiger partial charge in [0.05, 0.1) is 33.3 Å². The fourth-order valence-electron chi connectivity index (χ4n) is 4.50. The maximum atomic E-state index is 13.7. The Morgan fingerprint density at radius 3 is 2.61 bits per heavy atom. The van der Waals surface area contributed by atoms with Gasteiger partial charge in [0.1, 0.15) is 19.0 Å².